The monoisotopic (exact) mass is 437 g/mol. The maximum Gasteiger partial charge on any atom is 0.295 e. The lowest BCUT2D eigenvalue weighted by molar-refractivity contribution is 0.483. The fraction of sp³-hybridized carbons (Fsp3) is 0.125. The quantitative estimate of drug-likeness (QED) is 0.379. The Labute approximate surface area is 181 Å². The summed E-state index contributed by atoms with van der Waals surface area (Å²) in [6.45, 7) is 5.57. The molecule has 0 aliphatic carbocycles. The predicted molar refractivity (Wildman–Crippen MR) is 121 cm³/mol. The fourth-order valence-electron chi connectivity index (χ4n) is 3.49. The van der Waals surface area contributed by atoms with Gasteiger partial charge < -0.3 is 0 Å². The van der Waals surface area contributed by atoms with Crippen LogP contribution in [0.15, 0.2) is 65.6 Å². The molecular weight excluding hydrogens is 418 g/mol. The molecule has 0 aromatic heterocycles. The van der Waals surface area contributed by atoms with E-state index in [4.69, 9.17) is 11.6 Å². The molecular formula is C24H20ClNO3S. The minimum Gasteiger partial charge on any atom is -0.282 e. The first-order valence-corrected chi connectivity index (χ1v) is 11.0. The summed E-state index contributed by atoms with van der Waals surface area (Å²) in [6, 6.07) is 19.4. The van der Waals surface area contributed by atoms with Gasteiger partial charge in [0, 0.05) is 10.6 Å². The summed E-state index contributed by atoms with van der Waals surface area (Å²) in [6.07, 6.45) is 0. The van der Waals surface area contributed by atoms with Gasteiger partial charge >= 0.3 is 0 Å². The molecule has 1 N–H and O–H groups in total. The molecule has 3 aromatic carbocycles. The molecule has 3 aromatic rings. The molecule has 0 saturated heterocycles. The van der Waals surface area contributed by atoms with E-state index in [2.05, 4.69) is 6.07 Å². The molecule has 0 spiro atoms. The fourth-order valence-corrected chi connectivity index (χ4v) is 4.37. The zero-order valence-electron chi connectivity index (χ0n) is 16.8. The van der Waals surface area contributed by atoms with E-state index in [-0.39, 0.29) is 4.90 Å². The summed E-state index contributed by atoms with van der Waals surface area (Å²) in [5.41, 5.74) is 5.58. The molecule has 0 aliphatic heterocycles. The number of hydrogen-bond acceptors (Lipinski definition) is 3. The Morgan fingerprint density at radius 2 is 1.67 bits per heavy atom. The maximum absolute atomic E-state index is 12.2. The van der Waals surface area contributed by atoms with Crippen LogP contribution in [0.2, 0.25) is 5.02 Å². The summed E-state index contributed by atoms with van der Waals surface area (Å²) in [5, 5.41) is 9.78. The van der Waals surface area contributed by atoms with E-state index in [1.807, 2.05) is 39.0 Å². The van der Waals surface area contributed by atoms with Gasteiger partial charge in [0.15, 0.2) is 0 Å². The first kappa shape index (κ1) is 21.8. The third kappa shape index (κ3) is 4.31. The van der Waals surface area contributed by atoms with Crippen LogP contribution in [0.25, 0.3) is 22.3 Å². The highest BCUT2D eigenvalue weighted by molar-refractivity contribution is 7.86. The van der Waals surface area contributed by atoms with Gasteiger partial charge in [-0.05, 0) is 84.5 Å². The van der Waals surface area contributed by atoms with E-state index in [1.54, 1.807) is 36.4 Å². The van der Waals surface area contributed by atoms with Gasteiger partial charge in [-0.2, -0.15) is 13.7 Å². The van der Waals surface area contributed by atoms with Gasteiger partial charge in [0.05, 0.1) is 11.6 Å². The molecule has 0 unspecified atom stereocenters. The van der Waals surface area contributed by atoms with Gasteiger partial charge in [-0.1, -0.05) is 41.9 Å². The van der Waals surface area contributed by atoms with E-state index in [9.17, 15) is 18.2 Å². The summed E-state index contributed by atoms with van der Waals surface area (Å²) in [4.78, 5) is -0.161. The summed E-state index contributed by atoms with van der Waals surface area (Å²) >= 11 is 6.03. The SMILES string of the molecule is CC(=C(C)c1c(S(=O)(=O)O)ccc(C)c1-c1ccc(Cl)cc1)c1cccc(C#N)c1. The lowest BCUT2D eigenvalue weighted by atomic mass is 9.88. The van der Waals surface area contributed by atoms with Crippen molar-refractivity contribution in [2.24, 2.45) is 0 Å². The second kappa shape index (κ2) is 8.45. The summed E-state index contributed by atoms with van der Waals surface area (Å²) in [5.74, 6) is 0. The third-order valence-corrected chi connectivity index (χ3v) is 6.30. The van der Waals surface area contributed by atoms with Gasteiger partial charge in [0.25, 0.3) is 10.1 Å². The van der Waals surface area contributed by atoms with Crippen LogP contribution in [0.1, 0.15) is 36.1 Å². The van der Waals surface area contributed by atoms with Crippen LogP contribution < -0.4 is 0 Å². The molecule has 6 heteroatoms. The summed E-state index contributed by atoms with van der Waals surface area (Å²) in [7, 11) is -4.48. The first-order valence-electron chi connectivity index (χ1n) is 9.19. The molecule has 0 saturated carbocycles. The van der Waals surface area contributed by atoms with E-state index in [0.29, 0.717) is 27.3 Å². The van der Waals surface area contributed by atoms with Crippen LogP contribution in [0.5, 0.6) is 0 Å². The molecule has 3 rings (SSSR count). The number of nitriles is 1. The molecule has 30 heavy (non-hydrogen) atoms. The number of allylic oxidation sites excluding steroid dienone is 2. The van der Waals surface area contributed by atoms with E-state index in [1.165, 1.54) is 6.07 Å². The van der Waals surface area contributed by atoms with Crippen molar-refractivity contribution >= 4 is 32.9 Å². The van der Waals surface area contributed by atoms with E-state index < -0.39 is 10.1 Å². The Hall–Kier alpha value is -2.91. The zero-order chi connectivity index (χ0) is 22.1. The van der Waals surface area contributed by atoms with Crippen molar-refractivity contribution in [1.82, 2.24) is 0 Å². The van der Waals surface area contributed by atoms with Gasteiger partial charge in [-0.3, -0.25) is 4.55 Å². The standard InChI is InChI=1S/C24H20ClNO3S/c1-15-7-12-22(30(27,28)29)24(23(15)19-8-10-21(25)11-9-19)17(3)16(2)20-6-4-5-18(13-20)14-26/h4-13H,1-3H3,(H,27,28,29). The number of aryl methyl sites for hydroxylation is 1. The highest BCUT2D eigenvalue weighted by Gasteiger charge is 2.23. The number of benzene rings is 3. The average molecular weight is 438 g/mol. The Morgan fingerprint density at radius 3 is 2.27 bits per heavy atom. The van der Waals surface area contributed by atoms with Crippen molar-refractivity contribution in [2.75, 3.05) is 0 Å². The molecule has 0 amide bonds. The second-order valence-corrected chi connectivity index (χ2v) is 8.88. The molecule has 0 radical (unpaired) electrons. The van der Waals surface area contributed by atoms with Gasteiger partial charge in [-0.15, -0.1) is 0 Å². The van der Waals surface area contributed by atoms with Crippen LogP contribution in [0.4, 0.5) is 0 Å². The normalized spacial score (nSPS) is 12.3. The number of rotatable bonds is 4. The van der Waals surface area contributed by atoms with Crippen LogP contribution in [-0.2, 0) is 10.1 Å². The molecule has 0 heterocycles. The largest absolute Gasteiger partial charge is 0.295 e. The summed E-state index contributed by atoms with van der Waals surface area (Å²) < 4.78 is 34.4. The number of nitrogens with zero attached hydrogens (tertiary/aromatic N) is 1. The van der Waals surface area contributed by atoms with Crippen molar-refractivity contribution in [2.45, 2.75) is 25.7 Å². The lowest BCUT2D eigenvalue weighted by Crippen LogP contribution is -2.06. The molecule has 0 fully saturated rings. The molecule has 0 atom stereocenters. The zero-order valence-corrected chi connectivity index (χ0v) is 18.3. The Kier molecular flexibility index (Phi) is 6.14. The second-order valence-electron chi connectivity index (χ2n) is 7.06. The van der Waals surface area contributed by atoms with Gasteiger partial charge in [0.2, 0.25) is 0 Å². The Bertz CT molecular complexity index is 1300. The molecule has 152 valence electrons. The average Bonchev–Trinajstić information content (AvgIpc) is 2.72. The van der Waals surface area contributed by atoms with Gasteiger partial charge in [-0.25, -0.2) is 0 Å². The number of halogens is 1. The Morgan fingerprint density at radius 1 is 1.00 bits per heavy atom. The van der Waals surface area contributed by atoms with Crippen molar-refractivity contribution in [3.8, 4) is 17.2 Å². The van der Waals surface area contributed by atoms with Crippen LogP contribution in [0.3, 0.4) is 0 Å². The highest BCUT2D eigenvalue weighted by atomic mass is 35.5. The number of hydrogen-bond donors (Lipinski definition) is 1. The molecule has 0 aliphatic rings. The molecule has 0 bridgehead atoms. The van der Waals surface area contributed by atoms with Crippen molar-refractivity contribution in [1.29, 1.82) is 5.26 Å². The van der Waals surface area contributed by atoms with Crippen LogP contribution in [0, 0.1) is 18.3 Å². The minimum absolute atomic E-state index is 0.161. The molecule has 4 nitrogen and oxygen atoms in total. The Balaban J connectivity index is 2.40. The maximum atomic E-state index is 12.2. The smallest absolute Gasteiger partial charge is 0.282 e. The van der Waals surface area contributed by atoms with Gasteiger partial charge in [0.1, 0.15) is 4.90 Å². The lowest BCUT2D eigenvalue weighted by Gasteiger charge is -2.19. The third-order valence-electron chi connectivity index (χ3n) is 5.15. The van der Waals surface area contributed by atoms with E-state index >= 15 is 0 Å². The topological polar surface area (TPSA) is 78.2 Å². The van der Waals surface area contributed by atoms with E-state index in [0.717, 1.165) is 22.3 Å². The van der Waals surface area contributed by atoms with Crippen LogP contribution >= 0.6 is 11.6 Å². The van der Waals surface area contributed by atoms with Crippen molar-refractivity contribution < 1.29 is 13.0 Å². The van der Waals surface area contributed by atoms with Crippen LogP contribution in [-0.4, -0.2) is 13.0 Å². The highest BCUT2D eigenvalue weighted by Crippen LogP contribution is 2.39. The van der Waals surface area contributed by atoms with Crippen molar-refractivity contribution in [3.63, 3.8) is 0 Å². The van der Waals surface area contributed by atoms with Crippen molar-refractivity contribution in [3.05, 3.63) is 87.9 Å². The predicted octanol–water partition coefficient (Wildman–Crippen LogP) is 6.38. The first-order chi connectivity index (χ1) is 14.1. The minimum atomic E-state index is -4.48.